The van der Waals surface area contributed by atoms with E-state index >= 15 is 0 Å². The third-order valence-corrected chi connectivity index (χ3v) is 3.15. The molecule has 5 heteroatoms. The molecule has 106 valence electrons. The highest BCUT2D eigenvalue weighted by Gasteiger charge is 2.03. The summed E-state index contributed by atoms with van der Waals surface area (Å²) in [4.78, 5) is 10.2. The lowest BCUT2D eigenvalue weighted by atomic mass is 10.1. The Morgan fingerprint density at radius 2 is 1.67 bits per heavy atom. The van der Waals surface area contributed by atoms with Crippen LogP contribution in [0.3, 0.4) is 0 Å². The highest BCUT2D eigenvalue weighted by Crippen LogP contribution is 2.12. The number of nitro benzene ring substituents is 1. The van der Waals surface area contributed by atoms with E-state index in [1.807, 2.05) is 12.1 Å². The van der Waals surface area contributed by atoms with Crippen LogP contribution in [-0.4, -0.2) is 11.5 Å². The van der Waals surface area contributed by atoms with Crippen LogP contribution in [-0.2, 0) is 13.0 Å². The quantitative estimate of drug-likeness (QED) is 0.501. The van der Waals surface area contributed by atoms with E-state index in [4.69, 9.17) is 5.26 Å². The van der Waals surface area contributed by atoms with Gasteiger partial charge in [0.05, 0.1) is 16.6 Å². The first-order valence-electron chi connectivity index (χ1n) is 6.62. The Bertz CT molecular complexity index is 643. The first-order chi connectivity index (χ1) is 10.2. The van der Waals surface area contributed by atoms with Crippen molar-refractivity contribution in [1.82, 2.24) is 5.32 Å². The van der Waals surface area contributed by atoms with Gasteiger partial charge in [0.25, 0.3) is 5.69 Å². The molecular weight excluding hydrogens is 266 g/mol. The molecule has 0 fully saturated rings. The largest absolute Gasteiger partial charge is 0.312 e. The van der Waals surface area contributed by atoms with Crippen LogP contribution in [0.5, 0.6) is 0 Å². The maximum Gasteiger partial charge on any atom is 0.269 e. The van der Waals surface area contributed by atoms with Gasteiger partial charge in [-0.2, -0.15) is 5.26 Å². The number of hydrogen-bond acceptors (Lipinski definition) is 4. The minimum absolute atomic E-state index is 0.115. The van der Waals surface area contributed by atoms with E-state index in [-0.39, 0.29) is 5.69 Å². The molecule has 0 bridgehead atoms. The van der Waals surface area contributed by atoms with E-state index in [0.717, 1.165) is 30.6 Å². The Kier molecular flexibility index (Phi) is 5.02. The van der Waals surface area contributed by atoms with Gasteiger partial charge in [0, 0.05) is 18.7 Å². The molecule has 0 spiro atoms. The van der Waals surface area contributed by atoms with Crippen molar-refractivity contribution in [2.45, 2.75) is 13.0 Å². The van der Waals surface area contributed by atoms with Crippen molar-refractivity contribution < 1.29 is 4.92 Å². The molecule has 0 saturated heterocycles. The lowest BCUT2D eigenvalue weighted by Crippen LogP contribution is -2.16. The zero-order chi connectivity index (χ0) is 15.1. The fourth-order valence-electron chi connectivity index (χ4n) is 1.95. The SMILES string of the molecule is N#Cc1ccc(CNCCc2ccc([N+](=O)[O-])cc2)cc1. The van der Waals surface area contributed by atoms with E-state index < -0.39 is 4.92 Å². The monoisotopic (exact) mass is 281 g/mol. The molecule has 0 aromatic heterocycles. The normalized spacial score (nSPS) is 10.0. The zero-order valence-electron chi connectivity index (χ0n) is 11.5. The van der Waals surface area contributed by atoms with Crippen LogP contribution >= 0.6 is 0 Å². The van der Waals surface area contributed by atoms with Gasteiger partial charge < -0.3 is 5.32 Å². The number of nitriles is 1. The number of benzene rings is 2. The molecule has 0 unspecified atom stereocenters. The highest BCUT2D eigenvalue weighted by molar-refractivity contribution is 5.33. The molecule has 0 heterocycles. The van der Waals surface area contributed by atoms with Gasteiger partial charge in [-0.1, -0.05) is 24.3 Å². The molecule has 0 atom stereocenters. The molecule has 0 amide bonds. The Morgan fingerprint density at radius 1 is 1.05 bits per heavy atom. The predicted octanol–water partition coefficient (Wildman–Crippen LogP) is 2.80. The molecule has 0 saturated carbocycles. The first kappa shape index (κ1) is 14.7. The smallest absolute Gasteiger partial charge is 0.269 e. The van der Waals surface area contributed by atoms with Crippen molar-refractivity contribution >= 4 is 5.69 Å². The lowest BCUT2D eigenvalue weighted by Gasteiger charge is -2.05. The molecule has 0 aliphatic rings. The van der Waals surface area contributed by atoms with E-state index in [0.29, 0.717) is 5.56 Å². The molecule has 0 radical (unpaired) electrons. The minimum atomic E-state index is -0.396. The second-order valence-corrected chi connectivity index (χ2v) is 4.66. The summed E-state index contributed by atoms with van der Waals surface area (Å²) in [5.74, 6) is 0. The molecule has 0 aliphatic heterocycles. The van der Waals surface area contributed by atoms with Crippen LogP contribution in [0.4, 0.5) is 5.69 Å². The second-order valence-electron chi connectivity index (χ2n) is 4.66. The summed E-state index contributed by atoms with van der Waals surface area (Å²) >= 11 is 0. The third kappa shape index (κ3) is 4.41. The molecular formula is C16H15N3O2. The number of non-ortho nitro benzene ring substituents is 1. The Morgan fingerprint density at radius 3 is 2.24 bits per heavy atom. The molecule has 0 aliphatic carbocycles. The summed E-state index contributed by atoms with van der Waals surface area (Å²) in [6.45, 7) is 1.52. The van der Waals surface area contributed by atoms with Gasteiger partial charge in [-0.15, -0.1) is 0 Å². The molecule has 2 aromatic rings. The van der Waals surface area contributed by atoms with Gasteiger partial charge in [0.1, 0.15) is 0 Å². The number of nitro groups is 1. The number of rotatable bonds is 6. The Labute approximate surface area is 123 Å². The van der Waals surface area contributed by atoms with E-state index in [9.17, 15) is 10.1 Å². The standard InChI is InChI=1S/C16H15N3O2/c17-11-14-1-3-15(4-2-14)12-18-10-9-13-5-7-16(8-6-13)19(20)21/h1-8,18H,9-10,12H2. The Balaban J connectivity index is 1.76. The summed E-state index contributed by atoms with van der Waals surface area (Å²) in [7, 11) is 0. The average molecular weight is 281 g/mol. The fraction of sp³-hybridized carbons (Fsp3) is 0.188. The van der Waals surface area contributed by atoms with Crippen LogP contribution in [0.1, 0.15) is 16.7 Å². The number of hydrogen-bond donors (Lipinski definition) is 1. The summed E-state index contributed by atoms with van der Waals surface area (Å²) in [6.07, 6.45) is 0.814. The Hall–Kier alpha value is -2.71. The van der Waals surface area contributed by atoms with Crippen molar-refractivity contribution in [1.29, 1.82) is 5.26 Å². The first-order valence-corrected chi connectivity index (χ1v) is 6.62. The summed E-state index contributed by atoms with van der Waals surface area (Å²) < 4.78 is 0. The van der Waals surface area contributed by atoms with Crippen LogP contribution in [0, 0.1) is 21.4 Å². The van der Waals surface area contributed by atoms with Crippen molar-refractivity contribution in [2.24, 2.45) is 0 Å². The summed E-state index contributed by atoms with van der Waals surface area (Å²) in [5.41, 5.74) is 2.96. The topological polar surface area (TPSA) is 79.0 Å². The van der Waals surface area contributed by atoms with E-state index in [1.54, 1.807) is 24.3 Å². The maximum absolute atomic E-state index is 10.5. The molecule has 2 rings (SSSR count). The lowest BCUT2D eigenvalue weighted by molar-refractivity contribution is -0.384. The number of nitrogens with zero attached hydrogens (tertiary/aromatic N) is 2. The van der Waals surface area contributed by atoms with Gasteiger partial charge in [-0.05, 0) is 36.2 Å². The van der Waals surface area contributed by atoms with Gasteiger partial charge in [-0.25, -0.2) is 0 Å². The fourth-order valence-corrected chi connectivity index (χ4v) is 1.95. The van der Waals surface area contributed by atoms with Gasteiger partial charge in [-0.3, -0.25) is 10.1 Å². The van der Waals surface area contributed by atoms with Gasteiger partial charge in [0.15, 0.2) is 0 Å². The van der Waals surface area contributed by atoms with Crippen molar-refractivity contribution in [3.8, 4) is 6.07 Å². The van der Waals surface area contributed by atoms with Gasteiger partial charge in [0.2, 0.25) is 0 Å². The van der Waals surface area contributed by atoms with E-state index in [1.165, 1.54) is 12.1 Å². The summed E-state index contributed by atoms with van der Waals surface area (Å²) in [5, 5.41) is 22.6. The zero-order valence-corrected chi connectivity index (χ0v) is 11.5. The van der Waals surface area contributed by atoms with Crippen LogP contribution in [0.15, 0.2) is 48.5 Å². The molecule has 5 nitrogen and oxygen atoms in total. The van der Waals surface area contributed by atoms with Crippen molar-refractivity contribution in [3.05, 3.63) is 75.3 Å². The van der Waals surface area contributed by atoms with Gasteiger partial charge >= 0.3 is 0 Å². The van der Waals surface area contributed by atoms with E-state index in [2.05, 4.69) is 11.4 Å². The third-order valence-electron chi connectivity index (χ3n) is 3.15. The minimum Gasteiger partial charge on any atom is -0.312 e. The predicted molar refractivity (Wildman–Crippen MR) is 79.7 cm³/mol. The van der Waals surface area contributed by atoms with Crippen molar-refractivity contribution in [3.63, 3.8) is 0 Å². The van der Waals surface area contributed by atoms with Crippen LogP contribution in [0.25, 0.3) is 0 Å². The number of nitrogens with one attached hydrogen (secondary N) is 1. The van der Waals surface area contributed by atoms with Crippen molar-refractivity contribution in [2.75, 3.05) is 6.54 Å². The average Bonchev–Trinajstić information content (AvgIpc) is 2.52. The summed E-state index contributed by atoms with van der Waals surface area (Å²) in [6, 6.07) is 16.1. The van der Waals surface area contributed by atoms with Crippen LogP contribution in [0.2, 0.25) is 0 Å². The maximum atomic E-state index is 10.5. The highest BCUT2D eigenvalue weighted by atomic mass is 16.6. The molecule has 1 N–H and O–H groups in total. The molecule has 21 heavy (non-hydrogen) atoms. The second kappa shape index (κ2) is 7.17. The molecule has 2 aromatic carbocycles. The van der Waals surface area contributed by atoms with Crippen LogP contribution < -0.4 is 5.32 Å².